The summed E-state index contributed by atoms with van der Waals surface area (Å²) in [7, 11) is 0. The summed E-state index contributed by atoms with van der Waals surface area (Å²) < 4.78 is 5.30. The summed E-state index contributed by atoms with van der Waals surface area (Å²) in [6.45, 7) is 4.25. The molecule has 5 rings (SSSR count). The molecule has 2 aromatic heterocycles. The minimum absolute atomic E-state index is 0.0439. The van der Waals surface area contributed by atoms with Crippen LogP contribution in [0, 0.1) is 0 Å². The van der Waals surface area contributed by atoms with Crippen molar-refractivity contribution in [2.45, 2.75) is 13.0 Å². The molecule has 0 spiro atoms. The highest BCUT2D eigenvalue weighted by Crippen LogP contribution is 2.33. The smallest absolute Gasteiger partial charge is 0.336 e. The third-order valence-corrected chi connectivity index (χ3v) is 7.58. The number of ether oxygens (including phenoxy) is 1. The number of carboxylic acid groups (broad SMARTS) is 1. The van der Waals surface area contributed by atoms with Gasteiger partial charge < -0.3 is 19.6 Å². The Bertz CT molecular complexity index is 1270. The number of para-hydroxylation sites is 1. The van der Waals surface area contributed by atoms with Crippen LogP contribution in [0.1, 0.15) is 22.3 Å². The Hall–Kier alpha value is -3.34. The third-order valence-electron chi connectivity index (χ3n) is 6.70. The van der Waals surface area contributed by atoms with Gasteiger partial charge in [0.25, 0.3) is 0 Å². The zero-order valence-electron chi connectivity index (χ0n) is 19.9. The molecule has 2 saturated heterocycles. The Kier molecular flexibility index (Phi) is 7.26. The first-order valence-electron chi connectivity index (χ1n) is 12.1. The molecule has 0 unspecified atom stereocenters. The number of carboxylic acids is 1. The molecule has 10 heteroatoms. The van der Waals surface area contributed by atoms with E-state index in [-0.39, 0.29) is 23.9 Å². The topological polar surface area (TPSA) is 103 Å². The van der Waals surface area contributed by atoms with Crippen molar-refractivity contribution in [2.24, 2.45) is 0 Å². The Morgan fingerprint density at radius 1 is 1.06 bits per heavy atom. The van der Waals surface area contributed by atoms with Gasteiger partial charge >= 0.3 is 5.97 Å². The second kappa shape index (κ2) is 10.7. The molecule has 0 saturated carbocycles. The van der Waals surface area contributed by atoms with Gasteiger partial charge in [0.2, 0.25) is 11.8 Å². The molecule has 188 valence electrons. The summed E-state index contributed by atoms with van der Waals surface area (Å²) in [5, 5.41) is 12.7. The van der Waals surface area contributed by atoms with Crippen LogP contribution in [-0.2, 0) is 20.9 Å². The molecular formula is C26H28N4O5S. The third kappa shape index (κ3) is 5.11. The van der Waals surface area contributed by atoms with E-state index in [9.17, 15) is 19.5 Å². The number of benzene rings is 1. The van der Waals surface area contributed by atoms with E-state index < -0.39 is 5.97 Å². The number of fused-ring (bicyclic) bond motifs is 1. The number of pyridine rings is 1. The molecule has 36 heavy (non-hydrogen) atoms. The number of aromatic carboxylic acids is 1. The number of nitrogens with zero attached hydrogens (tertiary/aromatic N) is 4. The summed E-state index contributed by atoms with van der Waals surface area (Å²) >= 11 is 1.51. The van der Waals surface area contributed by atoms with E-state index in [4.69, 9.17) is 9.72 Å². The Morgan fingerprint density at radius 2 is 1.86 bits per heavy atom. The monoisotopic (exact) mass is 508 g/mol. The van der Waals surface area contributed by atoms with Crippen LogP contribution in [0.4, 0.5) is 0 Å². The summed E-state index contributed by atoms with van der Waals surface area (Å²) in [6.07, 6.45) is 0.298. The molecule has 1 N–H and O–H groups in total. The maximum absolute atomic E-state index is 12.9. The molecule has 2 aliphatic rings. The maximum atomic E-state index is 12.9. The fourth-order valence-corrected chi connectivity index (χ4v) is 5.56. The highest BCUT2D eigenvalue weighted by Gasteiger charge is 2.29. The van der Waals surface area contributed by atoms with Crippen LogP contribution in [-0.4, -0.2) is 95.1 Å². The Morgan fingerprint density at radius 3 is 2.58 bits per heavy atom. The number of hydrogen-bond donors (Lipinski definition) is 1. The first-order chi connectivity index (χ1) is 17.5. The van der Waals surface area contributed by atoms with Crippen molar-refractivity contribution >= 4 is 40.0 Å². The molecule has 4 heterocycles. The van der Waals surface area contributed by atoms with Crippen molar-refractivity contribution in [3.63, 3.8) is 0 Å². The average molecular weight is 509 g/mol. The predicted molar refractivity (Wildman–Crippen MR) is 136 cm³/mol. The van der Waals surface area contributed by atoms with Crippen LogP contribution < -0.4 is 0 Å². The van der Waals surface area contributed by atoms with Crippen LogP contribution in [0.25, 0.3) is 21.5 Å². The molecule has 2 fully saturated rings. The van der Waals surface area contributed by atoms with E-state index in [0.717, 1.165) is 4.88 Å². The lowest BCUT2D eigenvalue weighted by atomic mass is 9.98. The van der Waals surface area contributed by atoms with Crippen molar-refractivity contribution in [1.82, 2.24) is 19.7 Å². The normalized spacial score (nSPS) is 17.1. The van der Waals surface area contributed by atoms with Gasteiger partial charge in [-0.3, -0.25) is 14.5 Å². The van der Waals surface area contributed by atoms with Gasteiger partial charge in [-0.1, -0.05) is 24.3 Å². The highest BCUT2D eigenvalue weighted by molar-refractivity contribution is 7.13. The van der Waals surface area contributed by atoms with E-state index >= 15 is 0 Å². The fraction of sp³-hybridized carbons (Fsp3) is 0.385. The van der Waals surface area contributed by atoms with E-state index in [1.807, 2.05) is 40.6 Å². The summed E-state index contributed by atoms with van der Waals surface area (Å²) in [4.78, 5) is 49.1. The zero-order chi connectivity index (χ0) is 25.1. The first kappa shape index (κ1) is 24.4. The van der Waals surface area contributed by atoms with Gasteiger partial charge in [0.05, 0.1) is 41.4 Å². The van der Waals surface area contributed by atoms with Crippen molar-refractivity contribution in [1.29, 1.82) is 0 Å². The van der Waals surface area contributed by atoms with Gasteiger partial charge in [0.15, 0.2) is 0 Å². The van der Waals surface area contributed by atoms with Crippen LogP contribution in [0.2, 0.25) is 0 Å². The summed E-state index contributed by atoms with van der Waals surface area (Å²) in [6, 6.07) is 11.1. The lowest BCUT2D eigenvalue weighted by Crippen LogP contribution is -2.51. The van der Waals surface area contributed by atoms with Crippen molar-refractivity contribution < 1.29 is 24.2 Å². The van der Waals surface area contributed by atoms with Crippen molar-refractivity contribution in [3.05, 3.63) is 52.9 Å². The predicted octanol–water partition coefficient (Wildman–Crippen LogP) is 2.55. The van der Waals surface area contributed by atoms with Crippen molar-refractivity contribution in [3.8, 4) is 10.6 Å². The first-order valence-corrected chi connectivity index (χ1v) is 12.9. The number of aromatic nitrogens is 1. The molecule has 1 aromatic carbocycles. The van der Waals surface area contributed by atoms with Gasteiger partial charge in [-0.25, -0.2) is 9.78 Å². The van der Waals surface area contributed by atoms with Gasteiger partial charge in [0.1, 0.15) is 0 Å². The Labute approximate surface area is 212 Å². The molecule has 0 radical (unpaired) electrons. The standard InChI is InChI=1S/C26H28N4O5S/c31-22(30-11-13-35-14-12-30)7-8-29-10-9-28(17-23(29)32)16-19-24(26(33)34)18-4-1-2-5-20(18)27-25(19)21-6-3-15-36-21/h1-6,15H,7-14,16-17H2,(H,33,34). The number of carbonyl (C=O) groups excluding carboxylic acids is 2. The van der Waals surface area contributed by atoms with E-state index in [1.54, 1.807) is 15.9 Å². The van der Waals surface area contributed by atoms with Crippen LogP contribution in [0.3, 0.4) is 0 Å². The van der Waals surface area contributed by atoms with Gasteiger partial charge in [-0.15, -0.1) is 11.3 Å². The van der Waals surface area contributed by atoms with E-state index in [0.29, 0.717) is 81.1 Å². The molecular weight excluding hydrogens is 480 g/mol. The molecule has 0 aliphatic carbocycles. The highest BCUT2D eigenvalue weighted by atomic mass is 32.1. The fourth-order valence-electron chi connectivity index (χ4n) is 4.82. The molecule has 0 bridgehead atoms. The molecule has 0 atom stereocenters. The largest absolute Gasteiger partial charge is 0.478 e. The number of rotatable bonds is 7. The number of thiophene rings is 1. The minimum atomic E-state index is -1.01. The number of carbonyl (C=O) groups is 3. The molecule has 9 nitrogen and oxygen atoms in total. The zero-order valence-corrected chi connectivity index (χ0v) is 20.7. The number of amides is 2. The summed E-state index contributed by atoms with van der Waals surface area (Å²) in [5.41, 5.74) is 2.13. The molecule has 2 aliphatic heterocycles. The quantitative estimate of drug-likeness (QED) is 0.523. The van der Waals surface area contributed by atoms with E-state index in [1.165, 1.54) is 11.3 Å². The maximum Gasteiger partial charge on any atom is 0.336 e. The van der Waals surface area contributed by atoms with Crippen LogP contribution in [0.5, 0.6) is 0 Å². The SMILES string of the molecule is O=C(O)c1c(CN2CCN(CCC(=O)N3CCOCC3)C(=O)C2)c(-c2cccs2)nc2ccccc12. The molecule has 2 amide bonds. The average Bonchev–Trinajstić information content (AvgIpc) is 3.43. The van der Waals surface area contributed by atoms with Crippen molar-refractivity contribution in [2.75, 3.05) is 52.5 Å². The Balaban J connectivity index is 1.33. The number of piperazine rings is 1. The number of hydrogen-bond acceptors (Lipinski definition) is 7. The van der Waals surface area contributed by atoms with Gasteiger partial charge in [-0.05, 0) is 17.5 Å². The van der Waals surface area contributed by atoms with Crippen LogP contribution >= 0.6 is 11.3 Å². The number of morpholine rings is 1. The second-order valence-corrected chi connectivity index (χ2v) is 9.90. The lowest BCUT2D eigenvalue weighted by Gasteiger charge is -2.35. The minimum Gasteiger partial charge on any atom is -0.478 e. The second-order valence-electron chi connectivity index (χ2n) is 8.95. The lowest BCUT2D eigenvalue weighted by molar-refractivity contribution is -0.139. The summed E-state index contributed by atoms with van der Waals surface area (Å²) in [5.74, 6) is -1.02. The van der Waals surface area contributed by atoms with Gasteiger partial charge in [-0.2, -0.15) is 0 Å². The molecule has 3 aromatic rings. The van der Waals surface area contributed by atoms with Gasteiger partial charge in [0, 0.05) is 56.6 Å². The van der Waals surface area contributed by atoms with E-state index in [2.05, 4.69) is 0 Å². The van der Waals surface area contributed by atoms with Crippen LogP contribution in [0.15, 0.2) is 41.8 Å².